The first-order valence-corrected chi connectivity index (χ1v) is 3.51. The summed E-state index contributed by atoms with van der Waals surface area (Å²) in [6.07, 6.45) is 2.99. The molecule has 2 rings (SSSR count). The van der Waals surface area contributed by atoms with E-state index < -0.39 is 0 Å². The molecule has 4 N–H and O–H groups in total. The van der Waals surface area contributed by atoms with Gasteiger partial charge in [-0.05, 0) is 6.07 Å². The van der Waals surface area contributed by atoms with Crippen LogP contribution in [-0.2, 0) is 0 Å². The molecule has 0 amide bonds. The van der Waals surface area contributed by atoms with Gasteiger partial charge in [0.15, 0.2) is 0 Å². The SMILES string of the molecule is Nc1nnc(-c2ccncn2)n1N. The molecule has 2 heterocycles. The van der Waals surface area contributed by atoms with Crippen LogP contribution in [-0.4, -0.2) is 24.8 Å². The van der Waals surface area contributed by atoms with Gasteiger partial charge in [-0.1, -0.05) is 0 Å². The summed E-state index contributed by atoms with van der Waals surface area (Å²) in [6, 6.07) is 1.67. The van der Waals surface area contributed by atoms with E-state index in [1.54, 1.807) is 12.3 Å². The number of rotatable bonds is 1. The Balaban J connectivity index is 2.53. The second-order valence-corrected chi connectivity index (χ2v) is 2.35. The van der Waals surface area contributed by atoms with Gasteiger partial charge in [0, 0.05) is 6.20 Å². The largest absolute Gasteiger partial charge is 0.366 e. The van der Waals surface area contributed by atoms with E-state index in [2.05, 4.69) is 20.2 Å². The van der Waals surface area contributed by atoms with Crippen LogP contribution in [0.4, 0.5) is 5.95 Å². The number of aromatic nitrogens is 5. The lowest BCUT2D eigenvalue weighted by Gasteiger charge is -1.98. The first kappa shape index (κ1) is 7.47. The fraction of sp³-hybridized carbons (Fsp3) is 0. The van der Waals surface area contributed by atoms with Crippen LogP contribution in [0.5, 0.6) is 0 Å². The molecular formula is C6H7N7. The van der Waals surface area contributed by atoms with E-state index in [9.17, 15) is 0 Å². The van der Waals surface area contributed by atoms with Gasteiger partial charge < -0.3 is 11.6 Å². The molecule has 0 atom stereocenters. The Labute approximate surface area is 73.4 Å². The number of anilines is 1. The number of nitrogens with zero attached hydrogens (tertiary/aromatic N) is 5. The summed E-state index contributed by atoms with van der Waals surface area (Å²) in [5.74, 6) is 6.10. The van der Waals surface area contributed by atoms with E-state index >= 15 is 0 Å². The number of nitrogen functional groups attached to an aromatic ring is 2. The molecule has 0 saturated heterocycles. The Kier molecular flexibility index (Phi) is 1.55. The van der Waals surface area contributed by atoms with Gasteiger partial charge >= 0.3 is 0 Å². The van der Waals surface area contributed by atoms with E-state index in [1.807, 2.05) is 0 Å². The van der Waals surface area contributed by atoms with Crippen LogP contribution in [0.3, 0.4) is 0 Å². The molecule has 7 nitrogen and oxygen atoms in total. The van der Waals surface area contributed by atoms with Gasteiger partial charge in [-0.25, -0.2) is 14.6 Å². The second-order valence-electron chi connectivity index (χ2n) is 2.35. The topological polar surface area (TPSA) is 109 Å². The summed E-state index contributed by atoms with van der Waals surface area (Å²) in [5, 5.41) is 7.36. The molecule has 7 heteroatoms. The summed E-state index contributed by atoms with van der Waals surface area (Å²) in [6.45, 7) is 0. The van der Waals surface area contributed by atoms with Gasteiger partial charge in [0.25, 0.3) is 0 Å². The fourth-order valence-corrected chi connectivity index (χ4v) is 0.901. The van der Waals surface area contributed by atoms with Crippen molar-refractivity contribution in [3.05, 3.63) is 18.6 Å². The number of nitrogens with two attached hydrogens (primary N) is 2. The molecule has 66 valence electrons. The molecule has 0 saturated carbocycles. The molecule has 13 heavy (non-hydrogen) atoms. The zero-order chi connectivity index (χ0) is 9.26. The lowest BCUT2D eigenvalue weighted by atomic mass is 10.4. The molecule has 0 aliphatic rings. The van der Waals surface area contributed by atoms with Gasteiger partial charge in [-0.2, -0.15) is 0 Å². The second kappa shape index (κ2) is 2.70. The predicted molar refractivity (Wildman–Crippen MR) is 45.6 cm³/mol. The van der Waals surface area contributed by atoms with Crippen LogP contribution >= 0.6 is 0 Å². The van der Waals surface area contributed by atoms with Crippen molar-refractivity contribution in [2.45, 2.75) is 0 Å². The lowest BCUT2D eigenvalue weighted by Crippen LogP contribution is -2.13. The van der Waals surface area contributed by atoms with Crippen molar-refractivity contribution in [3.63, 3.8) is 0 Å². The Morgan fingerprint density at radius 2 is 2.15 bits per heavy atom. The zero-order valence-corrected chi connectivity index (χ0v) is 6.62. The minimum absolute atomic E-state index is 0.147. The van der Waals surface area contributed by atoms with E-state index in [4.69, 9.17) is 11.6 Å². The van der Waals surface area contributed by atoms with E-state index in [1.165, 1.54) is 11.0 Å². The highest BCUT2D eigenvalue weighted by atomic mass is 15.4. The third kappa shape index (κ3) is 1.15. The Bertz CT molecular complexity index is 406. The maximum atomic E-state index is 5.54. The summed E-state index contributed by atoms with van der Waals surface area (Å²) in [4.78, 5) is 7.72. The normalized spacial score (nSPS) is 10.2. The maximum absolute atomic E-state index is 5.54. The average molecular weight is 177 g/mol. The summed E-state index contributed by atoms with van der Waals surface area (Å²) in [7, 11) is 0. The molecule has 0 fully saturated rings. The minimum Gasteiger partial charge on any atom is -0.366 e. The third-order valence-corrected chi connectivity index (χ3v) is 1.53. The molecule has 0 radical (unpaired) electrons. The predicted octanol–water partition coefficient (Wildman–Crippen LogP) is -0.969. The van der Waals surface area contributed by atoms with Crippen LogP contribution in [0, 0.1) is 0 Å². The summed E-state index contributed by atoms with van der Waals surface area (Å²) < 4.78 is 1.17. The van der Waals surface area contributed by atoms with Crippen LogP contribution in [0.15, 0.2) is 18.6 Å². The smallest absolute Gasteiger partial charge is 0.241 e. The van der Waals surface area contributed by atoms with Gasteiger partial charge in [0.2, 0.25) is 11.8 Å². The Hall–Kier alpha value is -2.18. The highest BCUT2D eigenvalue weighted by Gasteiger charge is 2.08. The highest BCUT2D eigenvalue weighted by Crippen LogP contribution is 2.11. The monoisotopic (exact) mass is 177 g/mol. The highest BCUT2D eigenvalue weighted by molar-refractivity contribution is 5.50. The minimum atomic E-state index is 0.147. The molecule has 0 spiro atoms. The molecule has 0 aliphatic heterocycles. The zero-order valence-electron chi connectivity index (χ0n) is 6.62. The van der Waals surface area contributed by atoms with Crippen LogP contribution in [0.25, 0.3) is 11.5 Å². The van der Waals surface area contributed by atoms with Gasteiger partial charge in [0.05, 0.1) is 0 Å². The lowest BCUT2D eigenvalue weighted by molar-refractivity contribution is 1.00. The van der Waals surface area contributed by atoms with Crippen molar-refractivity contribution in [2.75, 3.05) is 11.6 Å². The molecule has 0 aromatic carbocycles. The van der Waals surface area contributed by atoms with E-state index in [0.717, 1.165) is 0 Å². The van der Waals surface area contributed by atoms with Crippen molar-refractivity contribution >= 4 is 5.95 Å². The first-order chi connectivity index (χ1) is 6.29. The molecule has 0 bridgehead atoms. The summed E-state index contributed by atoms with van der Waals surface area (Å²) >= 11 is 0. The standard InChI is InChI=1S/C6H7N7/c7-6-12-11-5(13(6)8)4-1-2-9-3-10-4/h1-3H,8H2,(H2,7,12). The molecule has 2 aromatic heterocycles. The van der Waals surface area contributed by atoms with Gasteiger partial charge in [-0.15, -0.1) is 10.2 Å². The van der Waals surface area contributed by atoms with Crippen molar-refractivity contribution < 1.29 is 0 Å². The van der Waals surface area contributed by atoms with Crippen molar-refractivity contribution in [2.24, 2.45) is 0 Å². The first-order valence-electron chi connectivity index (χ1n) is 3.51. The number of hydrogen-bond acceptors (Lipinski definition) is 6. The molecule has 0 unspecified atom stereocenters. The molecular weight excluding hydrogens is 170 g/mol. The van der Waals surface area contributed by atoms with Crippen molar-refractivity contribution in [1.82, 2.24) is 24.8 Å². The average Bonchev–Trinajstić information content (AvgIpc) is 2.49. The van der Waals surface area contributed by atoms with Gasteiger partial charge in [0.1, 0.15) is 12.0 Å². The van der Waals surface area contributed by atoms with Crippen LogP contribution in [0.2, 0.25) is 0 Å². The van der Waals surface area contributed by atoms with Crippen molar-refractivity contribution in [1.29, 1.82) is 0 Å². The Morgan fingerprint density at radius 1 is 1.31 bits per heavy atom. The molecule has 2 aromatic rings. The Morgan fingerprint density at radius 3 is 2.69 bits per heavy atom. The van der Waals surface area contributed by atoms with Gasteiger partial charge in [-0.3, -0.25) is 0 Å². The van der Waals surface area contributed by atoms with E-state index in [-0.39, 0.29) is 5.95 Å². The fourth-order valence-electron chi connectivity index (χ4n) is 0.901. The summed E-state index contributed by atoms with van der Waals surface area (Å²) in [5.41, 5.74) is 5.98. The molecule has 0 aliphatic carbocycles. The quantitative estimate of drug-likeness (QED) is 0.542. The third-order valence-electron chi connectivity index (χ3n) is 1.53. The number of hydrogen-bond donors (Lipinski definition) is 2. The van der Waals surface area contributed by atoms with Crippen molar-refractivity contribution in [3.8, 4) is 11.5 Å². The van der Waals surface area contributed by atoms with Crippen LogP contribution in [0.1, 0.15) is 0 Å². The van der Waals surface area contributed by atoms with Crippen LogP contribution < -0.4 is 11.6 Å². The van der Waals surface area contributed by atoms with E-state index in [0.29, 0.717) is 11.5 Å². The maximum Gasteiger partial charge on any atom is 0.241 e.